The Morgan fingerprint density at radius 2 is 1.79 bits per heavy atom. The molecule has 0 heterocycles. The number of hydrogen-bond acceptors (Lipinski definition) is 3. The number of hydrogen-bond donors (Lipinski definition) is 1. The van der Waals surface area contributed by atoms with E-state index in [1.807, 2.05) is 0 Å². The number of ether oxygens (including phenoxy) is 2. The van der Waals surface area contributed by atoms with Crippen LogP contribution in [0.5, 0.6) is 11.5 Å². The van der Waals surface area contributed by atoms with Crippen molar-refractivity contribution in [2.24, 2.45) is 5.73 Å². The number of benzene rings is 2. The molecule has 2 aromatic carbocycles. The van der Waals surface area contributed by atoms with Gasteiger partial charge in [-0.3, -0.25) is 0 Å². The summed E-state index contributed by atoms with van der Waals surface area (Å²) >= 11 is 5.71. The third-order valence-electron chi connectivity index (χ3n) is 2.81. The van der Waals surface area contributed by atoms with Crippen LogP contribution in [0.1, 0.15) is 0 Å². The molecule has 2 N–H and O–H groups in total. The molecule has 132 valence electrons. The standard InChI is InChI=1S/C15H12ClF4NO2.ClH/c16-11-3-1-2-10(14(11)17)9-4-5-12(23-15(18,19)20)13(8-9)22-7-6-21;/h1-5,8H,6-7,21H2;1H. The molecule has 0 aliphatic carbocycles. The number of nitrogens with two attached hydrogens (primary N) is 1. The summed E-state index contributed by atoms with van der Waals surface area (Å²) in [5, 5.41) is -0.0949. The van der Waals surface area contributed by atoms with Crippen molar-refractivity contribution >= 4 is 24.0 Å². The highest BCUT2D eigenvalue weighted by molar-refractivity contribution is 6.31. The molecule has 0 saturated carbocycles. The Morgan fingerprint density at radius 1 is 1.08 bits per heavy atom. The summed E-state index contributed by atoms with van der Waals surface area (Å²) in [6.07, 6.45) is -4.87. The average Bonchev–Trinajstić information content (AvgIpc) is 2.48. The van der Waals surface area contributed by atoms with Crippen LogP contribution in [0, 0.1) is 5.82 Å². The van der Waals surface area contributed by atoms with Gasteiger partial charge < -0.3 is 15.2 Å². The first-order chi connectivity index (χ1) is 10.8. The van der Waals surface area contributed by atoms with Crippen LogP contribution in [-0.2, 0) is 0 Å². The van der Waals surface area contributed by atoms with E-state index in [0.717, 1.165) is 6.07 Å². The molecule has 9 heteroatoms. The fourth-order valence-corrected chi connectivity index (χ4v) is 2.07. The molecule has 24 heavy (non-hydrogen) atoms. The lowest BCUT2D eigenvalue weighted by Gasteiger charge is -2.15. The lowest BCUT2D eigenvalue weighted by molar-refractivity contribution is -0.275. The van der Waals surface area contributed by atoms with Crippen LogP contribution in [0.4, 0.5) is 17.6 Å². The van der Waals surface area contributed by atoms with Crippen molar-refractivity contribution in [3.8, 4) is 22.6 Å². The SMILES string of the molecule is Cl.NCCOc1cc(-c2cccc(Cl)c2F)ccc1OC(F)(F)F. The highest BCUT2D eigenvalue weighted by Crippen LogP contribution is 2.37. The van der Waals surface area contributed by atoms with Gasteiger partial charge in [0.05, 0.1) is 5.02 Å². The van der Waals surface area contributed by atoms with Crippen molar-refractivity contribution in [1.29, 1.82) is 0 Å². The molecule has 0 saturated heterocycles. The molecule has 2 rings (SSSR count). The van der Waals surface area contributed by atoms with Gasteiger partial charge in [-0.05, 0) is 23.8 Å². The lowest BCUT2D eigenvalue weighted by atomic mass is 10.0. The maximum Gasteiger partial charge on any atom is 0.573 e. The molecule has 3 nitrogen and oxygen atoms in total. The van der Waals surface area contributed by atoms with Crippen molar-refractivity contribution < 1.29 is 27.0 Å². The van der Waals surface area contributed by atoms with Gasteiger partial charge in [-0.15, -0.1) is 25.6 Å². The molecule has 2 aromatic rings. The summed E-state index contributed by atoms with van der Waals surface area (Å²) in [5.41, 5.74) is 5.71. The zero-order chi connectivity index (χ0) is 17.0. The van der Waals surface area contributed by atoms with Crippen molar-refractivity contribution in [1.82, 2.24) is 0 Å². The maximum absolute atomic E-state index is 14.0. The molecule has 0 radical (unpaired) electrons. The number of alkyl halides is 3. The van der Waals surface area contributed by atoms with Crippen LogP contribution in [-0.4, -0.2) is 19.5 Å². The second-order valence-corrected chi connectivity index (χ2v) is 4.86. The third kappa shape index (κ3) is 5.15. The Bertz CT molecular complexity index is 696. The van der Waals surface area contributed by atoms with Gasteiger partial charge in [0.1, 0.15) is 12.4 Å². The highest BCUT2D eigenvalue weighted by atomic mass is 35.5. The topological polar surface area (TPSA) is 44.5 Å². The Kier molecular flexibility index (Phi) is 7.13. The first kappa shape index (κ1) is 20.3. The zero-order valence-electron chi connectivity index (χ0n) is 12.1. The van der Waals surface area contributed by atoms with Gasteiger partial charge in [0.25, 0.3) is 0 Å². The largest absolute Gasteiger partial charge is 0.573 e. The van der Waals surface area contributed by atoms with Crippen molar-refractivity contribution in [3.05, 3.63) is 47.2 Å². The van der Waals surface area contributed by atoms with E-state index < -0.39 is 17.9 Å². The molecule has 0 unspecified atom stereocenters. The van der Waals surface area contributed by atoms with E-state index in [1.54, 1.807) is 0 Å². The zero-order valence-corrected chi connectivity index (χ0v) is 13.6. The molecule has 0 atom stereocenters. The van der Waals surface area contributed by atoms with E-state index in [1.165, 1.54) is 30.3 Å². The fraction of sp³-hybridized carbons (Fsp3) is 0.200. The van der Waals surface area contributed by atoms with E-state index in [-0.39, 0.29) is 41.9 Å². The van der Waals surface area contributed by atoms with Gasteiger partial charge in [0.2, 0.25) is 0 Å². The van der Waals surface area contributed by atoms with E-state index in [9.17, 15) is 17.6 Å². The Hall–Kier alpha value is -1.70. The minimum atomic E-state index is -4.87. The second kappa shape index (κ2) is 8.41. The monoisotopic (exact) mass is 385 g/mol. The molecule has 0 fully saturated rings. The molecule has 0 spiro atoms. The Morgan fingerprint density at radius 3 is 2.42 bits per heavy atom. The van der Waals surface area contributed by atoms with Crippen LogP contribution in [0.2, 0.25) is 5.02 Å². The summed E-state index contributed by atoms with van der Waals surface area (Å²) in [4.78, 5) is 0. The molecule has 0 amide bonds. The predicted octanol–water partition coefficient (Wildman–Crippen LogP) is 4.80. The third-order valence-corrected chi connectivity index (χ3v) is 3.10. The van der Waals surface area contributed by atoms with Gasteiger partial charge in [-0.25, -0.2) is 4.39 Å². The van der Waals surface area contributed by atoms with Crippen molar-refractivity contribution in [3.63, 3.8) is 0 Å². The smallest absolute Gasteiger partial charge is 0.488 e. The summed E-state index contributed by atoms with van der Waals surface area (Å²) in [6.45, 7) is 0.0803. The van der Waals surface area contributed by atoms with Gasteiger partial charge in [-0.2, -0.15) is 0 Å². The van der Waals surface area contributed by atoms with Crippen molar-refractivity contribution in [2.45, 2.75) is 6.36 Å². The van der Waals surface area contributed by atoms with E-state index in [2.05, 4.69) is 4.74 Å². The normalized spacial score (nSPS) is 10.9. The molecule has 0 aliphatic rings. The van der Waals surface area contributed by atoms with Crippen LogP contribution in [0.15, 0.2) is 36.4 Å². The van der Waals surface area contributed by atoms with Gasteiger partial charge in [0, 0.05) is 12.1 Å². The summed E-state index contributed by atoms with van der Waals surface area (Å²) in [6, 6.07) is 7.92. The quantitative estimate of drug-likeness (QED) is 0.751. The molecular weight excluding hydrogens is 373 g/mol. The fourth-order valence-electron chi connectivity index (χ4n) is 1.89. The van der Waals surface area contributed by atoms with E-state index in [0.29, 0.717) is 5.56 Å². The van der Waals surface area contributed by atoms with Crippen LogP contribution >= 0.6 is 24.0 Å². The maximum atomic E-state index is 14.0. The molecule has 0 bridgehead atoms. The summed E-state index contributed by atoms with van der Waals surface area (Å²) in [5.74, 6) is -1.40. The summed E-state index contributed by atoms with van der Waals surface area (Å²) in [7, 11) is 0. The summed E-state index contributed by atoms with van der Waals surface area (Å²) < 4.78 is 60.3. The Labute approximate surface area is 146 Å². The van der Waals surface area contributed by atoms with Crippen LogP contribution < -0.4 is 15.2 Å². The van der Waals surface area contributed by atoms with Crippen molar-refractivity contribution in [2.75, 3.05) is 13.2 Å². The van der Waals surface area contributed by atoms with Crippen LogP contribution in [0.3, 0.4) is 0 Å². The van der Waals surface area contributed by atoms with Gasteiger partial charge in [-0.1, -0.05) is 29.8 Å². The van der Waals surface area contributed by atoms with Gasteiger partial charge >= 0.3 is 6.36 Å². The Balaban J connectivity index is 0.00000288. The van der Waals surface area contributed by atoms with E-state index >= 15 is 0 Å². The first-order valence-corrected chi connectivity index (χ1v) is 6.86. The number of rotatable bonds is 5. The lowest BCUT2D eigenvalue weighted by Crippen LogP contribution is -2.18. The molecule has 0 aromatic heterocycles. The van der Waals surface area contributed by atoms with E-state index in [4.69, 9.17) is 22.1 Å². The van der Waals surface area contributed by atoms with Crippen LogP contribution in [0.25, 0.3) is 11.1 Å². The first-order valence-electron chi connectivity index (χ1n) is 6.49. The molecular formula is C15H13Cl2F4NO2. The molecule has 0 aliphatic heterocycles. The minimum absolute atomic E-state index is 0. The number of halogens is 6. The minimum Gasteiger partial charge on any atom is -0.488 e. The second-order valence-electron chi connectivity index (χ2n) is 4.45. The average molecular weight is 386 g/mol. The predicted molar refractivity (Wildman–Crippen MR) is 85.3 cm³/mol. The van der Waals surface area contributed by atoms with Gasteiger partial charge in [0.15, 0.2) is 11.5 Å². The highest BCUT2D eigenvalue weighted by Gasteiger charge is 2.32.